The zero-order valence-corrected chi connectivity index (χ0v) is 18.3. The number of sulfonamides is 1. The van der Waals surface area contributed by atoms with Gasteiger partial charge in [0, 0.05) is 18.3 Å². The van der Waals surface area contributed by atoms with Gasteiger partial charge in [0.15, 0.2) is 0 Å². The van der Waals surface area contributed by atoms with Gasteiger partial charge in [-0.3, -0.25) is 9.48 Å². The van der Waals surface area contributed by atoms with Gasteiger partial charge >= 0.3 is 12.1 Å². The average Bonchev–Trinajstić information content (AvgIpc) is 3.09. The molecule has 1 aromatic heterocycles. The molecular formula is C19H23BF3N3O4S. The highest BCUT2D eigenvalue weighted by Crippen LogP contribution is 2.37. The molecule has 1 aromatic carbocycles. The molecule has 168 valence electrons. The third-order valence-electron chi connectivity index (χ3n) is 5.31. The van der Waals surface area contributed by atoms with Crippen LogP contribution in [-0.2, 0) is 38.7 Å². The Morgan fingerprint density at radius 3 is 2.71 bits per heavy atom. The molecule has 0 amide bonds. The Morgan fingerprint density at radius 1 is 1.35 bits per heavy atom. The number of aromatic nitrogens is 2. The molecule has 0 fully saturated rings. The fourth-order valence-corrected chi connectivity index (χ4v) is 5.33. The molecule has 2 aromatic rings. The normalized spacial score (nSPS) is 16.9. The Bertz CT molecular complexity index is 1090. The van der Waals surface area contributed by atoms with Gasteiger partial charge in [0.25, 0.3) is 0 Å². The number of hydrogen-bond acceptors (Lipinski definition) is 5. The first-order valence-corrected chi connectivity index (χ1v) is 11.3. The Kier molecular flexibility index (Phi) is 6.52. The molecule has 1 atom stereocenters. The molecule has 1 aliphatic rings. The third kappa shape index (κ3) is 4.79. The maximum Gasteiger partial charge on any atom is 0.416 e. The molecule has 1 heterocycles. The molecule has 0 aliphatic heterocycles. The van der Waals surface area contributed by atoms with E-state index < -0.39 is 38.7 Å². The zero-order valence-electron chi connectivity index (χ0n) is 17.4. The molecule has 0 radical (unpaired) electrons. The molecule has 0 saturated heterocycles. The number of carbonyl (C=O) groups excluding carboxylic acids is 1. The van der Waals surface area contributed by atoms with Crippen LogP contribution in [0.5, 0.6) is 0 Å². The molecule has 1 aliphatic carbocycles. The largest absolute Gasteiger partial charge is 0.465 e. The van der Waals surface area contributed by atoms with Crippen LogP contribution in [0, 0.1) is 0 Å². The van der Waals surface area contributed by atoms with Gasteiger partial charge in [0.1, 0.15) is 14.4 Å². The zero-order chi connectivity index (χ0) is 23.0. The summed E-state index contributed by atoms with van der Waals surface area (Å²) >= 11 is 0. The van der Waals surface area contributed by atoms with Crippen LogP contribution in [0.25, 0.3) is 0 Å². The number of hydrogen-bond donors (Lipinski definition) is 0. The van der Waals surface area contributed by atoms with E-state index in [9.17, 15) is 26.4 Å². The van der Waals surface area contributed by atoms with Crippen molar-refractivity contribution in [3.63, 3.8) is 0 Å². The summed E-state index contributed by atoms with van der Waals surface area (Å²) in [7, 11) is -1.43. The maximum absolute atomic E-state index is 13.2. The minimum atomic E-state index is -4.65. The predicted molar refractivity (Wildman–Crippen MR) is 109 cm³/mol. The number of halogens is 3. The van der Waals surface area contributed by atoms with Crippen molar-refractivity contribution in [3.05, 3.63) is 41.2 Å². The van der Waals surface area contributed by atoms with Gasteiger partial charge in [0.2, 0.25) is 10.0 Å². The first-order valence-electron chi connectivity index (χ1n) is 9.82. The highest BCUT2D eigenvalue weighted by molar-refractivity contribution is 7.89. The van der Waals surface area contributed by atoms with E-state index >= 15 is 0 Å². The van der Waals surface area contributed by atoms with E-state index in [-0.39, 0.29) is 18.6 Å². The molecule has 7 nitrogen and oxygen atoms in total. The summed E-state index contributed by atoms with van der Waals surface area (Å²) in [5.74, 6) is -0.448. The number of esters is 1. The van der Waals surface area contributed by atoms with Gasteiger partial charge in [-0.15, -0.1) is 0 Å². The minimum absolute atomic E-state index is 0.0841. The number of alkyl halides is 3. The first-order chi connectivity index (χ1) is 14.4. The van der Waals surface area contributed by atoms with Crippen molar-refractivity contribution in [3.8, 4) is 0 Å². The van der Waals surface area contributed by atoms with Crippen LogP contribution in [-0.4, -0.2) is 50.0 Å². The van der Waals surface area contributed by atoms with E-state index in [0.717, 1.165) is 16.1 Å². The van der Waals surface area contributed by atoms with Crippen molar-refractivity contribution >= 4 is 29.3 Å². The van der Waals surface area contributed by atoms with Gasteiger partial charge in [-0.25, -0.2) is 8.42 Å². The van der Waals surface area contributed by atoms with Crippen LogP contribution in [0.2, 0.25) is 0 Å². The molecule has 0 spiro atoms. The highest BCUT2D eigenvalue weighted by Gasteiger charge is 2.37. The summed E-state index contributed by atoms with van der Waals surface area (Å²) in [5.41, 5.74) is 0.566. The van der Waals surface area contributed by atoms with E-state index in [1.165, 1.54) is 31.8 Å². The molecule has 0 saturated carbocycles. The lowest BCUT2D eigenvalue weighted by atomic mass is 9.93. The number of benzene rings is 1. The third-order valence-corrected chi connectivity index (χ3v) is 7.15. The van der Waals surface area contributed by atoms with Crippen LogP contribution in [0.3, 0.4) is 0 Å². The van der Waals surface area contributed by atoms with Gasteiger partial charge < -0.3 is 4.74 Å². The highest BCUT2D eigenvalue weighted by atomic mass is 32.2. The fourth-order valence-electron chi connectivity index (χ4n) is 3.83. The molecule has 0 unspecified atom stereocenters. The summed E-state index contributed by atoms with van der Waals surface area (Å²) in [4.78, 5) is 11.4. The van der Waals surface area contributed by atoms with Crippen molar-refractivity contribution in [2.75, 3.05) is 13.7 Å². The number of fused-ring (bicyclic) bond motifs is 1. The van der Waals surface area contributed by atoms with Gasteiger partial charge in [-0.1, -0.05) is 11.5 Å². The minimum Gasteiger partial charge on any atom is -0.465 e. The fraction of sp³-hybridized carbons (Fsp3) is 0.474. The standard InChI is InChI=1S/C19H23BF3N3O4S/c1-3-30-18(27)11-26-17-6-4-5-16(15(17)10-24-26)25(2)31(28,29)14-8-12(19(21,22)23)7-13(20)9-14/h7-10,16H,3-6,11,20H2,1-2H3/t16-/m1/s1. The van der Waals surface area contributed by atoms with Gasteiger partial charge in [0.05, 0.1) is 29.3 Å². The molecular weight excluding hydrogens is 434 g/mol. The quantitative estimate of drug-likeness (QED) is 0.484. The van der Waals surface area contributed by atoms with Crippen LogP contribution < -0.4 is 5.46 Å². The second-order valence-electron chi connectivity index (χ2n) is 7.47. The summed E-state index contributed by atoms with van der Waals surface area (Å²) in [5, 5.41) is 4.21. The summed E-state index contributed by atoms with van der Waals surface area (Å²) < 4.78 is 73.5. The summed E-state index contributed by atoms with van der Waals surface area (Å²) in [6, 6.07) is 2.21. The lowest BCUT2D eigenvalue weighted by Crippen LogP contribution is -2.34. The van der Waals surface area contributed by atoms with Crippen LogP contribution >= 0.6 is 0 Å². The number of rotatable bonds is 6. The summed E-state index contributed by atoms with van der Waals surface area (Å²) in [6.45, 7) is 1.85. The predicted octanol–water partition coefficient (Wildman–Crippen LogP) is 1.42. The monoisotopic (exact) mass is 457 g/mol. The molecule has 12 heteroatoms. The number of nitrogens with zero attached hydrogens (tertiary/aromatic N) is 3. The Balaban J connectivity index is 1.94. The molecule has 0 bridgehead atoms. The van der Waals surface area contributed by atoms with Crippen molar-refractivity contribution < 1.29 is 31.1 Å². The average molecular weight is 457 g/mol. The molecule has 31 heavy (non-hydrogen) atoms. The first kappa shape index (κ1) is 23.3. The van der Waals surface area contributed by atoms with E-state index in [1.807, 2.05) is 0 Å². The second kappa shape index (κ2) is 8.66. The van der Waals surface area contributed by atoms with E-state index in [4.69, 9.17) is 4.74 Å². The maximum atomic E-state index is 13.2. The van der Waals surface area contributed by atoms with Crippen LogP contribution in [0.15, 0.2) is 29.3 Å². The smallest absolute Gasteiger partial charge is 0.416 e. The van der Waals surface area contributed by atoms with Crippen molar-refractivity contribution in [2.45, 2.75) is 49.8 Å². The Labute approximate surface area is 179 Å². The van der Waals surface area contributed by atoms with Gasteiger partial charge in [-0.2, -0.15) is 22.6 Å². The van der Waals surface area contributed by atoms with Crippen LogP contribution in [0.1, 0.15) is 42.6 Å². The van der Waals surface area contributed by atoms with Crippen molar-refractivity contribution in [1.29, 1.82) is 0 Å². The lowest BCUT2D eigenvalue weighted by molar-refractivity contribution is -0.144. The van der Waals surface area contributed by atoms with E-state index in [2.05, 4.69) is 5.10 Å². The second-order valence-corrected chi connectivity index (χ2v) is 9.47. The van der Waals surface area contributed by atoms with Crippen LogP contribution in [0.4, 0.5) is 13.2 Å². The topological polar surface area (TPSA) is 81.5 Å². The number of ether oxygens (including phenoxy) is 1. The lowest BCUT2D eigenvalue weighted by Gasteiger charge is -2.31. The van der Waals surface area contributed by atoms with Crippen molar-refractivity contribution in [1.82, 2.24) is 14.1 Å². The summed E-state index contributed by atoms with van der Waals surface area (Å²) in [6.07, 6.45) is -1.38. The van der Waals surface area contributed by atoms with Gasteiger partial charge in [-0.05, 0) is 38.3 Å². The van der Waals surface area contributed by atoms with E-state index in [1.54, 1.807) is 6.92 Å². The van der Waals surface area contributed by atoms with E-state index in [0.29, 0.717) is 30.9 Å². The SMILES string of the molecule is Bc1cc(C(F)(F)F)cc(S(=O)(=O)N(C)[C@@H]2CCCc3c2cnn3CC(=O)OCC)c1. The Hall–Kier alpha value is -2.34. The molecule has 3 rings (SSSR count). The number of carbonyl (C=O) groups is 1. The van der Waals surface area contributed by atoms with Crippen molar-refractivity contribution in [2.24, 2.45) is 0 Å². The Morgan fingerprint density at radius 2 is 2.06 bits per heavy atom. The molecule has 0 N–H and O–H groups in total.